The van der Waals surface area contributed by atoms with E-state index < -0.39 is 9.84 Å². The molecule has 0 radical (unpaired) electrons. The van der Waals surface area contributed by atoms with E-state index in [2.05, 4.69) is 40.0 Å². The zero-order valence-electron chi connectivity index (χ0n) is 16.4. The number of nitrogens with zero attached hydrogens (tertiary/aromatic N) is 4. The van der Waals surface area contributed by atoms with Crippen LogP contribution in [0.25, 0.3) is 0 Å². The molecule has 2 saturated heterocycles. The van der Waals surface area contributed by atoms with Gasteiger partial charge in [-0.3, -0.25) is 4.99 Å². The minimum absolute atomic E-state index is 0.159. The molecule has 1 aromatic rings. The van der Waals surface area contributed by atoms with E-state index in [1.165, 1.54) is 5.56 Å². The van der Waals surface area contributed by atoms with E-state index in [1.807, 2.05) is 12.3 Å². The van der Waals surface area contributed by atoms with Gasteiger partial charge in [-0.1, -0.05) is 6.92 Å². The van der Waals surface area contributed by atoms with Crippen LogP contribution in [-0.4, -0.2) is 75.0 Å². The highest BCUT2D eigenvalue weighted by atomic mass is 32.2. The first-order chi connectivity index (χ1) is 13.0. The van der Waals surface area contributed by atoms with Gasteiger partial charge in [0.2, 0.25) is 0 Å². The van der Waals surface area contributed by atoms with Crippen LogP contribution < -0.4 is 10.2 Å². The first-order valence-corrected chi connectivity index (χ1v) is 11.7. The Hall–Kier alpha value is -1.83. The van der Waals surface area contributed by atoms with Gasteiger partial charge in [0.15, 0.2) is 15.8 Å². The van der Waals surface area contributed by atoms with Crippen LogP contribution in [0.2, 0.25) is 0 Å². The Balaban J connectivity index is 1.59. The number of aryl methyl sites for hydroxylation is 1. The van der Waals surface area contributed by atoms with E-state index in [1.54, 1.807) is 0 Å². The lowest BCUT2D eigenvalue weighted by molar-refractivity contribution is 0.369. The summed E-state index contributed by atoms with van der Waals surface area (Å²) in [5.41, 5.74) is 1.22. The Morgan fingerprint density at radius 2 is 2.11 bits per heavy atom. The molecule has 1 unspecified atom stereocenters. The molecular formula is C19H31N5O2S. The van der Waals surface area contributed by atoms with E-state index in [4.69, 9.17) is 4.99 Å². The summed E-state index contributed by atoms with van der Waals surface area (Å²) in [6, 6.07) is 4.14. The summed E-state index contributed by atoms with van der Waals surface area (Å²) in [5.74, 6) is 2.70. The van der Waals surface area contributed by atoms with Crippen LogP contribution in [0.5, 0.6) is 0 Å². The summed E-state index contributed by atoms with van der Waals surface area (Å²) in [6.45, 7) is 9.26. The van der Waals surface area contributed by atoms with Gasteiger partial charge in [0.1, 0.15) is 5.82 Å². The zero-order chi connectivity index (χ0) is 19.3. The van der Waals surface area contributed by atoms with Crippen molar-refractivity contribution in [2.45, 2.75) is 26.7 Å². The van der Waals surface area contributed by atoms with Crippen molar-refractivity contribution < 1.29 is 8.42 Å². The molecule has 3 heterocycles. The highest BCUT2D eigenvalue weighted by Crippen LogP contribution is 2.19. The molecule has 1 N–H and O–H groups in total. The van der Waals surface area contributed by atoms with E-state index in [9.17, 15) is 8.42 Å². The molecule has 0 aliphatic carbocycles. The molecule has 0 saturated carbocycles. The highest BCUT2D eigenvalue weighted by molar-refractivity contribution is 7.91. The first-order valence-electron chi connectivity index (χ1n) is 9.88. The van der Waals surface area contributed by atoms with Gasteiger partial charge >= 0.3 is 0 Å². The zero-order valence-corrected chi connectivity index (χ0v) is 17.2. The van der Waals surface area contributed by atoms with E-state index >= 15 is 0 Å². The molecule has 2 aliphatic heterocycles. The van der Waals surface area contributed by atoms with Crippen LogP contribution in [-0.2, 0) is 9.84 Å². The molecule has 3 rings (SSSR count). The molecule has 2 aliphatic rings. The van der Waals surface area contributed by atoms with Gasteiger partial charge in [-0.25, -0.2) is 13.4 Å². The number of aliphatic imine (C=N–C) groups is 1. The third-order valence-electron chi connectivity index (χ3n) is 5.16. The maximum Gasteiger partial charge on any atom is 0.194 e. The molecule has 7 nitrogen and oxygen atoms in total. The Labute approximate surface area is 162 Å². The quantitative estimate of drug-likeness (QED) is 0.600. The number of pyridine rings is 1. The summed E-state index contributed by atoms with van der Waals surface area (Å²) < 4.78 is 23.3. The molecule has 1 aromatic heterocycles. The Bertz CT molecular complexity index is 757. The molecule has 0 spiro atoms. The van der Waals surface area contributed by atoms with Crippen molar-refractivity contribution in [3.05, 3.63) is 23.9 Å². The number of anilines is 1. The largest absolute Gasteiger partial charge is 0.356 e. The maximum atomic E-state index is 11.7. The van der Waals surface area contributed by atoms with Gasteiger partial charge < -0.3 is 15.1 Å². The summed E-state index contributed by atoms with van der Waals surface area (Å²) in [5, 5.41) is 3.44. The smallest absolute Gasteiger partial charge is 0.194 e. The van der Waals surface area contributed by atoms with Crippen molar-refractivity contribution in [1.29, 1.82) is 0 Å². The predicted octanol–water partition coefficient (Wildman–Crippen LogP) is 1.30. The normalized spacial score (nSPS) is 22.9. The summed E-state index contributed by atoms with van der Waals surface area (Å²) in [6.07, 6.45) is 3.63. The lowest BCUT2D eigenvalue weighted by Crippen LogP contribution is -2.53. The second-order valence-electron chi connectivity index (χ2n) is 7.53. The molecule has 8 heteroatoms. The fourth-order valence-electron chi connectivity index (χ4n) is 3.58. The maximum absolute atomic E-state index is 11.7. The van der Waals surface area contributed by atoms with E-state index in [-0.39, 0.29) is 11.7 Å². The fraction of sp³-hybridized carbons (Fsp3) is 0.684. The van der Waals surface area contributed by atoms with Gasteiger partial charge in [0, 0.05) is 45.5 Å². The molecule has 2 fully saturated rings. The number of nitrogens with one attached hydrogen (secondary N) is 1. The van der Waals surface area contributed by atoms with E-state index in [0.717, 1.165) is 57.3 Å². The van der Waals surface area contributed by atoms with Crippen LogP contribution in [0.4, 0.5) is 5.82 Å². The minimum Gasteiger partial charge on any atom is -0.356 e. The number of aromatic nitrogens is 1. The van der Waals surface area contributed by atoms with Crippen LogP contribution in [0.3, 0.4) is 0 Å². The molecular weight excluding hydrogens is 362 g/mol. The van der Waals surface area contributed by atoms with Crippen LogP contribution in [0.1, 0.15) is 25.3 Å². The number of rotatable bonds is 5. The summed E-state index contributed by atoms with van der Waals surface area (Å²) in [4.78, 5) is 13.9. The van der Waals surface area contributed by atoms with Gasteiger partial charge in [-0.2, -0.15) is 0 Å². The summed E-state index contributed by atoms with van der Waals surface area (Å²) >= 11 is 0. The van der Waals surface area contributed by atoms with Gasteiger partial charge in [0.25, 0.3) is 0 Å². The molecule has 27 heavy (non-hydrogen) atoms. The standard InChI is InChI=1S/C19H31N5O2S/c1-3-6-21-19(22-14-17-5-12-27(25,26)15-17)24-10-8-23(9-11-24)18-13-16(2)4-7-20-18/h4,7,13,17H,3,5-6,8-12,14-15H2,1-2H3,(H,21,22). The molecule has 0 aromatic carbocycles. The Kier molecular flexibility index (Phi) is 6.57. The third kappa shape index (κ3) is 5.57. The average Bonchev–Trinajstić information content (AvgIpc) is 3.01. The van der Waals surface area contributed by atoms with Gasteiger partial charge in [-0.05, 0) is 43.4 Å². The van der Waals surface area contributed by atoms with Crippen molar-refractivity contribution in [3.63, 3.8) is 0 Å². The second kappa shape index (κ2) is 8.91. The predicted molar refractivity (Wildman–Crippen MR) is 110 cm³/mol. The van der Waals surface area contributed by atoms with Crippen LogP contribution >= 0.6 is 0 Å². The van der Waals surface area contributed by atoms with Gasteiger partial charge in [-0.15, -0.1) is 0 Å². The number of piperazine rings is 1. The third-order valence-corrected chi connectivity index (χ3v) is 7.00. The lowest BCUT2D eigenvalue weighted by Gasteiger charge is -2.37. The lowest BCUT2D eigenvalue weighted by atomic mass is 10.1. The minimum atomic E-state index is -2.84. The number of hydrogen-bond acceptors (Lipinski definition) is 5. The summed E-state index contributed by atoms with van der Waals surface area (Å²) in [7, 11) is -2.84. The molecule has 150 valence electrons. The number of guanidine groups is 1. The van der Waals surface area contributed by atoms with Crippen molar-refractivity contribution in [3.8, 4) is 0 Å². The number of sulfone groups is 1. The number of hydrogen-bond donors (Lipinski definition) is 1. The molecule has 0 amide bonds. The van der Waals surface area contributed by atoms with E-state index in [0.29, 0.717) is 12.3 Å². The van der Waals surface area contributed by atoms with Crippen LogP contribution in [0.15, 0.2) is 23.3 Å². The van der Waals surface area contributed by atoms with Crippen LogP contribution in [0, 0.1) is 12.8 Å². The monoisotopic (exact) mass is 393 g/mol. The molecule has 1 atom stereocenters. The van der Waals surface area contributed by atoms with Crippen molar-refractivity contribution in [2.75, 3.05) is 55.7 Å². The molecule has 0 bridgehead atoms. The second-order valence-corrected chi connectivity index (χ2v) is 9.75. The van der Waals surface area contributed by atoms with Crippen molar-refractivity contribution >= 4 is 21.6 Å². The highest BCUT2D eigenvalue weighted by Gasteiger charge is 2.28. The first kappa shape index (κ1) is 19.9. The van der Waals surface area contributed by atoms with Gasteiger partial charge in [0.05, 0.1) is 11.5 Å². The average molecular weight is 394 g/mol. The Morgan fingerprint density at radius 3 is 2.74 bits per heavy atom. The fourth-order valence-corrected chi connectivity index (χ4v) is 5.43. The SMILES string of the molecule is CCCNC(=NCC1CCS(=O)(=O)C1)N1CCN(c2cc(C)ccn2)CC1. The Morgan fingerprint density at radius 1 is 1.33 bits per heavy atom. The van der Waals surface area contributed by atoms with Crippen molar-refractivity contribution in [2.24, 2.45) is 10.9 Å². The van der Waals surface area contributed by atoms with Crippen molar-refractivity contribution in [1.82, 2.24) is 15.2 Å². The topological polar surface area (TPSA) is 77.9 Å².